The van der Waals surface area contributed by atoms with Crippen LogP contribution in [0, 0.1) is 17.3 Å². The van der Waals surface area contributed by atoms with E-state index in [9.17, 15) is 9.59 Å². The van der Waals surface area contributed by atoms with Gasteiger partial charge in [-0.1, -0.05) is 39.0 Å². The van der Waals surface area contributed by atoms with Crippen molar-refractivity contribution in [2.45, 2.75) is 45.1 Å². The Balaban J connectivity index is 2.21. The minimum absolute atomic E-state index is 0.0898. The van der Waals surface area contributed by atoms with E-state index in [-0.39, 0.29) is 34.5 Å². The van der Waals surface area contributed by atoms with Crippen LogP contribution in [-0.2, 0) is 10.2 Å². The summed E-state index contributed by atoms with van der Waals surface area (Å²) in [5.41, 5.74) is 1.96. The van der Waals surface area contributed by atoms with Crippen LogP contribution in [0.25, 0.3) is 5.32 Å². The number of Topliss-reactive ketones (excluding diaryl/α,β-unsaturated/α-hetero) is 1. The number of hydrogen-bond acceptors (Lipinski definition) is 2. The summed E-state index contributed by atoms with van der Waals surface area (Å²) in [4.78, 5) is 24.6. The fraction of sp³-hybridized carbons (Fsp3) is 0.524. The normalized spacial score (nSPS) is 33.1. The van der Waals surface area contributed by atoms with Crippen LogP contribution in [0.5, 0.6) is 0 Å². The van der Waals surface area contributed by atoms with Crippen molar-refractivity contribution in [2.75, 3.05) is 12.4 Å². The number of anilines is 1. The number of benzene rings is 1. The van der Waals surface area contributed by atoms with Crippen LogP contribution in [-0.4, -0.2) is 25.3 Å². The Morgan fingerprint density at radius 1 is 1.32 bits per heavy atom. The second kappa shape index (κ2) is 6.10. The SMILES string of the molecule is C=CC1(C)CCC2C(C(=O)c3c(NC=O)cccc3C2(C)C)C1[N-]C. The van der Waals surface area contributed by atoms with E-state index in [2.05, 4.69) is 38.0 Å². The summed E-state index contributed by atoms with van der Waals surface area (Å²) in [7, 11) is 1.81. The van der Waals surface area contributed by atoms with Gasteiger partial charge in [-0.3, -0.25) is 9.59 Å². The second-order valence-corrected chi connectivity index (χ2v) is 8.16. The van der Waals surface area contributed by atoms with Gasteiger partial charge in [0.05, 0.1) is 5.69 Å². The molecule has 4 unspecified atom stereocenters. The van der Waals surface area contributed by atoms with Crippen molar-refractivity contribution < 1.29 is 9.59 Å². The number of fused-ring (bicyclic) bond motifs is 2. The molecule has 0 aromatic heterocycles. The Labute approximate surface area is 150 Å². The number of rotatable bonds is 4. The predicted molar refractivity (Wildman–Crippen MR) is 101 cm³/mol. The molecule has 1 aromatic rings. The lowest BCUT2D eigenvalue weighted by Gasteiger charge is -2.59. The summed E-state index contributed by atoms with van der Waals surface area (Å²) in [6.07, 6.45) is 4.56. The molecule has 1 amide bonds. The number of amides is 1. The first kappa shape index (κ1) is 17.9. The maximum atomic E-state index is 13.6. The van der Waals surface area contributed by atoms with Gasteiger partial charge in [-0.15, -0.1) is 12.6 Å². The van der Waals surface area contributed by atoms with E-state index in [0.717, 1.165) is 18.4 Å². The molecule has 4 atom stereocenters. The van der Waals surface area contributed by atoms with Gasteiger partial charge in [0, 0.05) is 11.5 Å². The Hall–Kier alpha value is -1.94. The molecule has 1 saturated carbocycles. The number of ketones is 1. The fourth-order valence-corrected chi connectivity index (χ4v) is 5.14. The Kier molecular flexibility index (Phi) is 4.36. The average molecular weight is 339 g/mol. The molecule has 4 nitrogen and oxygen atoms in total. The van der Waals surface area contributed by atoms with Crippen LogP contribution < -0.4 is 5.32 Å². The molecular formula is C21H27N2O2-. The second-order valence-electron chi connectivity index (χ2n) is 8.16. The maximum absolute atomic E-state index is 13.6. The summed E-state index contributed by atoms with van der Waals surface area (Å²) in [5.74, 6) is 0.159. The van der Waals surface area contributed by atoms with Crippen LogP contribution in [0.1, 0.15) is 49.5 Å². The smallest absolute Gasteiger partial charge is 0.211 e. The molecule has 0 saturated heterocycles. The van der Waals surface area contributed by atoms with Crippen LogP contribution in [0.3, 0.4) is 0 Å². The number of carbonyl (C=O) groups excluding carboxylic acids is 2. The quantitative estimate of drug-likeness (QED) is 0.656. The standard InChI is InChI=1S/C21H27N2O2/c1-6-21(4)11-10-14-17(19(21)22-5)18(25)16-13(20(14,2)3)8-7-9-15(16)23-12-24/h6-9,12,14,17,19H,1,10-11H2,2-5H3,(H,23,24)/q-1. The molecule has 2 aliphatic rings. The molecular weight excluding hydrogens is 312 g/mol. The Morgan fingerprint density at radius 2 is 2.04 bits per heavy atom. The molecule has 134 valence electrons. The number of hydrogen-bond donors (Lipinski definition) is 1. The van der Waals surface area contributed by atoms with E-state index in [4.69, 9.17) is 0 Å². The summed E-state index contributed by atoms with van der Waals surface area (Å²) < 4.78 is 0. The molecule has 0 bridgehead atoms. The van der Waals surface area contributed by atoms with Gasteiger partial charge in [0.15, 0.2) is 5.78 Å². The molecule has 1 fully saturated rings. The topological polar surface area (TPSA) is 60.3 Å². The van der Waals surface area contributed by atoms with Crippen molar-refractivity contribution in [3.05, 3.63) is 47.3 Å². The zero-order valence-electron chi connectivity index (χ0n) is 15.5. The number of nitrogens with one attached hydrogen (secondary N) is 1. The number of carbonyl (C=O) groups is 2. The third-order valence-electron chi connectivity index (χ3n) is 6.64. The van der Waals surface area contributed by atoms with E-state index < -0.39 is 0 Å². The molecule has 1 N–H and O–H groups in total. The van der Waals surface area contributed by atoms with Crippen LogP contribution in [0.15, 0.2) is 30.9 Å². The molecule has 0 spiro atoms. The highest BCUT2D eigenvalue weighted by atomic mass is 16.1. The average Bonchev–Trinajstić information content (AvgIpc) is 2.59. The first-order chi connectivity index (χ1) is 11.8. The lowest BCUT2D eigenvalue weighted by molar-refractivity contribution is -0.105. The lowest BCUT2D eigenvalue weighted by Crippen LogP contribution is -2.55. The first-order valence-electron chi connectivity index (χ1n) is 8.92. The maximum Gasteiger partial charge on any atom is 0.211 e. The van der Waals surface area contributed by atoms with Gasteiger partial charge in [0.2, 0.25) is 6.41 Å². The summed E-state index contributed by atoms with van der Waals surface area (Å²) in [6, 6.07) is 5.65. The van der Waals surface area contributed by atoms with Gasteiger partial charge in [-0.05, 0) is 41.2 Å². The van der Waals surface area contributed by atoms with E-state index >= 15 is 0 Å². The fourth-order valence-electron chi connectivity index (χ4n) is 5.14. The van der Waals surface area contributed by atoms with E-state index in [1.165, 1.54) is 0 Å². The monoisotopic (exact) mass is 339 g/mol. The van der Waals surface area contributed by atoms with Gasteiger partial charge < -0.3 is 10.6 Å². The van der Waals surface area contributed by atoms with Crippen molar-refractivity contribution in [1.29, 1.82) is 0 Å². The zero-order chi connectivity index (χ0) is 18.4. The summed E-state index contributed by atoms with van der Waals surface area (Å²) >= 11 is 0. The Morgan fingerprint density at radius 3 is 2.64 bits per heavy atom. The van der Waals surface area contributed by atoms with Gasteiger partial charge in [0.25, 0.3) is 0 Å². The minimum Gasteiger partial charge on any atom is -0.661 e. The van der Waals surface area contributed by atoms with Crippen molar-refractivity contribution in [1.82, 2.24) is 0 Å². The molecule has 4 heteroatoms. The van der Waals surface area contributed by atoms with Crippen molar-refractivity contribution in [3.8, 4) is 0 Å². The predicted octanol–water partition coefficient (Wildman–Crippen LogP) is 4.32. The van der Waals surface area contributed by atoms with Gasteiger partial charge in [-0.25, -0.2) is 0 Å². The molecule has 0 heterocycles. The van der Waals surface area contributed by atoms with Crippen LogP contribution in [0.2, 0.25) is 0 Å². The van der Waals surface area contributed by atoms with Crippen LogP contribution >= 0.6 is 0 Å². The molecule has 0 radical (unpaired) electrons. The summed E-state index contributed by atoms with van der Waals surface area (Å²) in [5, 5.41) is 7.35. The number of nitrogens with zero attached hydrogens (tertiary/aromatic N) is 1. The molecule has 1 aromatic carbocycles. The van der Waals surface area contributed by atoms with E-state index in [1.54, 1.807) is 13.1 Å². The molecule has 0 aliphatic heterocycles. The Bertz CT molecular complexity index is 725. The van der Waals surface area contributed by atoms with Crippen molar-refractivity contribution in [2.24, 2.45) is 17.3 Å². The highest BCUT2D eigenvalue weighted by molar-refractivity contribution is 6.07. The highest BCUT2D eigenvalue weighted by Gasteiger charge is 2.53. The molecule has 3 rings (SSSR count). The van der Waals surface area contributed by atoms with E-state index in [1.807, 2.05) is 18.2 Å². The zero-order valence-corrected chi connectivity index (χ0v) is 15.5. The lowest BCUT2D eigenvalue weighted by atomic mass is 9.50. The summed E-state index contributed by atoms with van der Waals surface area (Å²) in [6.45, 7) is 10.6. The molecule has 2 aliphatic carbocycles. The third kappa shape index (κ3) is 2.46. The third-order valence-corrected chi connectivity index (χ3v) is 6.64. The van der Waals surface area contributed by atoms with E-state index in [0.29, 0.717) is 17.7 Å². The van der Waals surface area contributed by atoms with Crippen LogP contribution in [0.4, 0.5) is 5.69 Å². The largest absolute Gasteiger partial charge is 0.661 e. The highest BCUT2D eigenvalue weighted by Crippen LogP contribution is 2.56. The first-order valence-corrected chi connectivity index (χ1v) is 8.92. The van der Waals surface area contributed by atoms with Crippen molar-refractivity contribution >= 4 is 17.9 Å². The van der Waals surface area contributed by atoms with Gasteiger partial charge in [-0.2, -0.15) is 7.05 Å². The van der Waals surface area contributed by atoms with Gasteiger partial charge in [0.1, 0.15) is 0 Å². The molecule has 25 heavy (non-hydrogen) atoms. The minimum atomic E-state index is -0.182. The van der Waals surface area contributed by atoms with Gasteiger partial charge >= 0.3 is 0 Å². The van der Waals surface area contributed by atoms with Crippen molar-refractivity contribution in [3.63, 3.8) is 0 Å².